The highest BCUT2D eigenvalue weighted by atomic mass is 35.5. The van der Waals surface area contributed by atoms with Crippen molar-refractivity contribution in [1.29, 1.82) is 0 Å². The summed E-state index contributed by atoms with van der Waals surface area (Å²) in [6.07, 6.45) is 0.412. The summed E-state index contributed by atoms with van der Waals surface area (Å²) in [6, 6.07) is 3.82. The van der Waals surface area contributed by atoms with E-state index in [-0.39, 0.29) is 40.1 Å². The molecule has 44 heavy (non-hydrogen) atoms. The quantitative estimate of drug-likeness (QED) is 0.300. The molecule has 0 saturated heterocycles. The van der Waals surface area contributed by atoms with E-state index in [9.17, 15) is 41.1 Å². The summed E-state index contributed by atoms with van der Waals surface area (Å²) in [5.41, 5.74) is -2.59. The molecule has 4 N–H and O–H groups in total. The molecule has 3 fully saturated rings. The fourth-order valence-corrected chi connectivity index (χ4v) is 10.1. The Labute approximate surface area is 256 Å². The van der Waals surface area contributed by atoms with Crippen LogP contribution in [0.3, 0.4) is 0 Å². The van der Waals surface area contributed by atoms with Crippen LogP contribution in [0.25, 0.3) is 0 Å². The molecule has 0 bridgehead atoms. The molecule has 2 aromatic rings. The van der Waals surface area contributed by atoms with Crippen LogP contribution in [-0.2, 0) is 19.4 Å². The first kappa shape index (κ1) is 32.0. The SMILES string of the molecule is COC(=O)N[C@H](C(=O)NC[C@]1(O)C2CCC23C1CC3S(=O)(=O)c1cc(C(=O)Nc2cc(F)c(F)c(F)c2)ccc1Cl)C(C)C. The predicted molar refractivity (Wildman–Crippen MR) is 152 cm³/mol. The number of rotatable bonds is 9. The Morgan fingerprint density at radius 1 is 1.11 bits per heavy atom. The molecule has 0 aliphatic heterocycles. The van der Waals surface area contributed by atoms with Gasteiger partial charge < -0.3 is 25.8 Å². The van der Waals surface area contributed by atoms with Crippen LogP contribution >= 0.6 is 11.6 Å². The molecule has 1 spiro atoms. The molecule has 0 radical (unpaired) electrons. The minimum atomic E-state index is -4.12. The van der Waals surface area contributed by atoms with E-state index in [2.05, 4.69) is 20.7 Å². The Hall–Kier alpha value is -3.36. The summed E-state index contributed by atoms with van der Waals surface area (Å²) in [7, 11) is -2.94. The highest BCUT2D eigenvalue weighted by Crippen LogP contribution is 2.80. The van der Waals surface area contributed by atoms with Crippen molar-refractivity contribution in [1.82, 2.24) is 10.6 Å². The minimum absolute atomic E-state index is 0.0973. The molecular weight excluding hydrogens is 627 g/mol. The number of sulfone groups is 1. The minimum Gasteiger partial charge on any atom is -0.453 e. The lowest BCUT2D eigenvalue weighted by Crippen LogP contribution is -2.86. The molecule has 4 unspecified atom stereocenters. The lowest BCUT2D eigenvalue weighted by atomic mass is 9.27. The topological polar surface area (TPSA) is 151 Å². The van der Waals surface area contributed by atoms with E-state index in [1.807, 2.05) is 0 Å². The molecule has 15 heteroatoms. The van der Waals surface area contributed by atoms with E-state index in [0.717, 1.165) is 6.07 Å². The number of hydrogen-bond donors (Lipinski definition) is 4. The number of alkyl carbamates (subject to hydrolysis) is 1. The molecule has 238 valence electrons. The number of carbonyl (C=O) groups excluding carboxylic acids is 3. The summed E-state index contributed by atoms with van der Waals surface area (Å²) in [5, 5.41) is 17.9. The van der Waals surface area contributed by atoms with Crippen molar-refractivity contribution in [3.63, 3.8) is 0 Å². The van der Waals surface area contributed by atoms with Gasteiger partial charge in [0.15, 0.2) is 27.3 Å². The number of benzene rings is 2. The highest BCUT2D eigenvalue weighted by molar-refractivity contribution is 7.92. The van der Waals surface area contributed by atoms with Crippen LogP contribution in [0.1, 0.15) is 43.5 Å². The van der Waals surface area contributed by atoms with Gasteiger partial charge in [0, 0.05) is 29.9 Å². The van der Waals surface area contributed by atoms with Crippen molar-refractivity contribution < 1.29 is 45.8 Å². The zero-order valence-corrected chi connectivity index (χ0v) is 25.5. The fraction of sp³-hybridized carbons (Fsp3) is 0.483. The van der Waals surface area contributed by atoms with Gasteiger partial charge in [0.2, 0.25) is 5.91 Å². The maximum Gasteiger partial charge on any atom is 0.407 e. The number of carbonyl (C=O) groups is 3. The van der Waals surface area contributed by atoms with Gasteiger partial charge in [-0.1, -0.05) is 25.4 Å². The summed E-state index contributed by atoms with van der Waals surface area (Å²) < 4.78 is 72.8. The first-order valence-corrected chi connectivity index (χ1v) is 15.8. The molecule has 0 aromatic heterocycles. The Morgan fingerprint density at radius 2 is 1.77 bits per heavy atom. The molecule has 6 atom stereocenters. The lowest BCUT2D eigenvalue weighted by molar-refractivity contribution is -0.346. The van der Waals surface area contributed by atoms with E-state index in [1.54, 1.807) is 13.8 Å². The van der Waals surface area contributed by atoms with Crippen molar-refractivity contribution in [3.8, 4) is 0 Å². The van der Waals surface area contributed by atoms with Crippen LogP contribution in [0.2, 0.25) is 5.02 Å². The number of halogens is 4. The molecule has 3 amide bonds. The number of amides is 3. The van der Waals surface area contributed by atoms with Crippen LogP contribution in [0.15, 0.2) is 35.2 Å². The van der Waals surface area contributed by atoms with Crippen LogP contribution < -0.4 is 16.0 Å². The lowest BCUT2D eigenvalue weighted by Gasteiger charge is -2.81. The Bertz CT molecular complexity index is 1630. The van der Waals surface area contributed by atoms with E-state index in [1.165, 1.54) is 19.2 Å². The fourth-order valence-electron chi connectivity index (χ4n) is 7.24. The van der Waals surface area contributed by atoms with Crippen LogP contribution in [-0.4, -0.2) is 62.0 Å². The van der Waals surface area contributed by atoms with Crippen molar-refractivity contribution >= 4 is 45.0 Å². The van der Waals surface area contributed by atoms with Gasteiger partial charge in [-0.15, -0.1) is 0 Å². The van der Waals surface area contributed by atoms with Gasteiger partial charge in [0.1, 0.15) is 6.04 Å². The smallest absolute Gasteiger partial charge is 0.407 e. The van der Waals surface area contributed by atoms with E-state index >= 15 is 0 Å². The molecule has 3 aliphatic rings. The number of methoxy groups -OCH3 is 1. The molecule has 2 aromatic carbocycles. The van der Waals surface area contributed by atoms with Crippen molar-refractivity contribution in [2.45, 2.75) is 54.9 Å². The second-order valence-corrected chi connectivity index (χ2v) is 14.5. The third kappa shape index (κ3) is 4.91. The number of anilines is 1. The molecule has 0 heterocycles. The number of hydrogen-bond acceptors (Lipinski definition) is 7. The Morgan fingerprint density at radius 3 is 2.32 bits per heavy atom. The molecule has 3 aliphatic carbocycles. The molecule has 3 saturated carbocycles. The van der Waals surface area contributed by atoms with Gasteiger partial charge in [-0.2, -0.15) is 0 Å². The van der Waals surface area contributed by atoms with E-state index in [0.29, 0.717) is 25.0 Å². The molecule has 10 nitrogen and oxygen atoms in total. The maximum atomic E-state index is 13.9. The largest absolute Gasteiger partial charge is 0.453 e. The number of nitrogens with one attached hydrogen (secondary N) is 3. The maximum absolute atomic E-state index is 13.9. The molecular formula is C29H31ClF3N3O7S. The number of ether oxygens (including phenoxy) is 1. The standard InChI is InChI=1S/C29H31ClF3N3O7S/c1-13(2)24(36-27(39)43-3)26(38)34-12-29(40)20-6-7-28(20)21(29)11-22(28)44(41,42)19-8-14(4-5-16(19)30)25(37)35-15-9-17(31)23(33)18(32)10-15/h4-5,8-10,13,20-22,24,40H,6-7,11-12H2,1-3H3,(H,34,38)(H,35,37)(H,36,39)/t20?,21?,22?,24-,28?,29-/m0/s1. The average Bonchev–Trinajstić information content (AvgIpc) is 2.91. The second kappa shape index (κ2) is 11.2. The third-order valence-electron chi connectivity index (χ3n) is 9.49. The summed E-state index contributed by atoms with van der Waals surface area (Å²) in [6.45, 7) is 3.36. The number of aliphatic hydroxyl groups is 1. The van der Waals surface area contributed by atoms with E-state index in [4.69, 9.17) is 11.6 Å². The summed E-state index contributed by atoms with van der Waals surface area (Å²) >= 11 is 6.29. The van der Waals surface area contributed by atoms with E-state index < -0.39 is 79.3 Å². The van der Waals surface area contributed by atoms with Crippen LogP contribution in [0.4, 0.5) is 23.7 Å². The zero-order chi connectivity index (χ0) is 32.4. The first-order chi connectivity index (χ1) is 20.6. The normalized spacial score (nSPS) is 27.4. The molecule has 5 rings (SSSR count). The second-order valence-electron chi connectivity index (χ2n) is 11.9. The van der Waals surface area contributed by atoms with Gasteiger partial charge in [-0.05, 0) is 60.6 Å². The van der Waals surface area contributed by atoms with Gasteiger partial charge >= 0.3 is 6.09 Å². The predicted octanol–water partition coefficient (Wildman–Crippen LogP) is 3.81. The zero-order valence-electron chi connectivity index (χ0n) is 23.9. The third-order valence-corrected chi connectivity index (χ3v) is 12.3. The van der Waals surface area contributed by atoms with Gasteiger partial charge in [-0.3, -0.25) is 9.59 Å². The summed E-state index contributed by atoms with van der Waals surface area (Å²) in [4.78, 5) is 37.0. The Balaban J connectivity index is 1.30. The average molecular weight is 658 g/mol. The first-order valence-electron chi connectivity index (χ1n) is 13.9. The highest BCUT2D eigenvalue weighted by Gasteiger charge is 2.84. The van der Waals surface area contributed by atoms with Gasteiger partial charge in [0.25, 0.3) is 5.91 Å². The van der Waals surface area contributed by atoms with Gasteiger partial charge in [0.05, 0.1) is 27.9 Å². The summed E-state index contributed by atoms with van der Waals surface area (Å²) in [5.74, 6) is -7.21. The monoisotopic (exact) mass is 657 g/mol. The van der Waals surface area contributed by atoms with Crippen molar-refractivity contribution in [2.75, 3.05) is 19.0 Å². The van der Waals surface area contributed by atoms with Crippen LogP contribution in [0.5, 0.6) is 0 Å². The van der Waals surface area contributed by atoms with Crippen molar-refractivity contribution in [3.05, 3.63) is 58.4 Å². The van der Waals surface area contributed by atoms with Gasteiger partial charge in [-0.25, -0.2) is 26.4 Å². The van der Waals surface area contributed by atoms with Crippen LogP contribution in [0, 0.1) is 40.6 Å². The van der Waals surface area contributed by atoms with Crippen molar-refractivity contribution in [2.24, 2.45) is 23.2 Å². The Kier molecular flexibility index (Phi) is 8.17.